The topological polar surface area (TPSA) is 26.0 Å². The number of rotatable bonds is 6. The van der Waals surface area contributed by atoms with Crippen LogP contribution in [0.2, 0.25) is 0 Å². The fourth-order valence-corrected chi connectivity index (χ4v) is 3.41. The highest BCUT2D eigenvalue weighted by molar-refractivity contribution is 7.99. The van der Waals surface area contributed by atoms with E-state index in [0.29, 0.717) is 11.3 Å². The van der Waals surface area contributed by atoms with Crippen molar-refractivity contribution < 1.29 is 0 Å². The van der Waals surface area contributed by atoms with Crippen LogP contribution < -0.4 is 5.73 Å². The van der Waals surface area contributed by atoms with E-state index in [1.807, 2.05) is 11.8 Å². The smallest absolute Gasteiger partial charge is 0.0456 e. The van der Waals surface area contributed by atoms with E-state index < -0.39 is 0 Å². The first-order valence-electron chi connectivity index (χ1n) is 5.18. The molecule has 0 aromatic carbocycles. The summed E-state index contributed by atoms with van der Waals surface area (Å²) in [6.45, 7) is 4.38. The molecular formula is C11H19NS2. The van der Waals surface area contributed by atoms with Crippen LogP contribution in [0.15, 0.2) is 16.8 Å². The van der Waals surface area contributed by atoms with E-state index in [4.69, 9.17) is 5.73 Å². The van der Waals surface area contributed by atoms with E-state index in [2.05, 4.69) is 30.7 Å². The fourth-order valence-electron chi connectivity index (χ4n) is 1.36. The normalized spacial score (nSPS) is 15.4. The van der Waals surface area contributed by atoms with Crippen LogP contribution in [0, 0.1) is 0 Å². The van der Waals surface area contributed by atoms with Crippen molar-refractivity contribution in [3.8, 4) is 0 Å². The largest absolute Gasteiger partial charge is 0.326 e. The van der Waals surface area contributed by atoms with Gasteiger partial charge >= 0.3 is 0 Å². The Bertz CT molecular complexity index is 233. The molecule has 0 radical (unpaired) electrons. The average molecular weight is 229 g/mol. The van der Waals surface area contributed by atoms with Crippen LogP contribution in [0.4, 0.5) is 0 Å². The lowest BCUT2D eigenvalue weighted by atomic mass is 10.1. The maximum atomic E-state index is 6.13. The SMILES string of the molecule is CCCSC(c1ccsc1)C(N)CC. The molecule has 1 aromatic rings. The van der Waals surface area contributed by atoms with Gasteiger partial charge in [0.15, 0.2) is 0 Å². The number of hydrogen-bond donors (Lipinski definition) is 1. The summed E-state index contributed by atoms with van der Waals surface area (Å²) in [7, 11) is 0. The molecule has 0 amide bonds. The number of thioether (sulfide) groups is 1. The van der Waals surface area contributed by atoms with Crippen molar-refractivity contribution in [3.63, 3.8) is 0 Å². The average Bonchev–Trinajstić information content (AvgIpc) is 2.71. The Morgan fingerprint density at radius 3 is 2.79 bits per heavy atom. The summed E-state index contributed by atoms with van der Waals surface area (Å²) in [6.07, 6.45) is 2.28. The molecule has 0 bridgehead atoms. The molecule has 2 N–H and O–H groups in total. The van der Waals surface area contributed by atoms with Gasteiger partial charge in [-0.3, -0.25) is 0 Å². The molecule has 1 nitrogen and oxygen atoms in total. The Labute approximate surface area is 95.1 Å². The third kappa shape index (κ3) is 3.30. The van der Waals surface area contributed by atoms with Gasteiger partial charge in [0, 0.05) is 11.3 Å². The molecule has 0 fully saturated rings. The van der Waals surface area contributed by atoms with Gasteiger partial charge in [0.25, 0.3) is 0 Å². The minimum Gasteiger partial charge on any atom is -0.326 e. The summed E-state index contributed by atoms with van der Waals surface area (Å²) >= 11 is 3.75. The zero-order chi connectivity index (χ0) is 10.4. The first-order chi connectivity index (χ1) is 6.79. The predicted molar refractivity (Wildman–Crippen MR) is 68.1 cm³/mol. The van der Waals surface area contributed by atoms with E-state index in [1.54, 1.807) is 11.3 Å². The fraction of sp³-hybridized carbons (Fsp3) is 0.636. The molecule has 3 heteroatoms. The van der Waals surface area contributed by atoms with Gasteiger partial charge in [-0.05, 0) is 41.0 Å². The van der Waals surface area contributed by atoms with E-state index >= 15 is 0 Å². The molecule has 0 saturated heterocycles. The van der Waals surface area contributed by atoms with Crippen LogP contribution in [0.5, 0.6) is 0 Å². The van der Waals surface area contributed by atoms with Crippen LogP contribution >= 0.6 is 23.1 Å². The molecule has 0 aliphatic heterocycles. The first-order valence-corrected chi connectivity index (χ1v) is 7.18. The second-order valence-electron chi connectivity index (χ2n) is 3.42. The lowest BCUT2D eigenvalue weighted by molar-refractivity contribution is 0.635. The van der Waals surface area contributed by atoms with E-state index in [0.717, 1.165) is 6.42 Å². The predicted octanol–water partition coefficient (Wildman–Crippen LogP) is 3.67. The maximum absolute atomic E-state index is 6.13. The molecule has 1 aromatic heterocycles. The van der Waals surface area contributed by atoms with Gasteiger partial charge in [-0.25, -0.2) is 0 Å². The standard InChI is InChI=1S/C11H19NS2/c1-3-6-14-11(10(12)4-2)9-5-7-13-8-9/h5,7-8,10-11H,3-4,6,12H2,1-2H3. The summed E-state index contributed by atoms with van der Waals surface area (Å²) in [4.78, 5) is 0. The monoisotopic (exact) mass is 229 g/mol. The Hall–Kier alpha value is 0.01000. The van der Waals surface area contributed by atoms with E-state index in [9.17, 15) is 0 Å². The molecule has 80 valence electrons. The van der Waals surface area contributed by atoms with E-state index in [1.165, 1.54) is 17.7 Å². The van der Waals surface area contributed by atoms with Crippen molar-refractivity contribution in [1.82, 2.24) is 0 Å². The molecule has 2 atom stereocenters. The Kier molecular flexibility index (Phi) is 5.60. The number of nitrogens with two attached hydrogens (primary N) is 1. The Balaban J connectivity index is 2.62. The van der Waals surface area contributed by atoms with Crippen LogP contribution in [-0.4, -0.2) is 11.8 Å². The van der Waals surface area contributed by atoms with Crippen LogP contribution in [-0.2, 0) is 0 Å². The Morgan fingerprint density at radius 2 is 2.29 bits per heavy atom. The quantitative estimate of drug-likeness (QED) is 0.805. The number of thiophene rings is 1. The lowest BCUT2D eigenvalue weighted by Gasteiger charge is -2.21. The molecule has 0 spiro atoms. The van der Waals surface area contributed by atoms with Gasteiger partial charge in [0.05, 0.1) is 0 Å². The highest BCUT2D eigenvalue weighted by atomic mass is 32.2. The van der Waals surface area contributed by atoms with Crippen LogP contribution in [0.25, 0.3) is 0 Å². The summed E-state index contributed by atoms with van der Waals surface area (Å²) in [5.74, 6) is 1.20. The van der Waals surface area contributed by atoms with Gasteiger partial charge in [-0.1, -0.05) is 13.8 Å². The van der Waals surface area contributed by atoms with Gasteiger partial charge in [-0.15, -0.1) is 0 Å². The third-order valence-electron chi connectivity index (χ3n) is 2.23. The summed E-state index contributed by atoms with van der Waals surface area (Å²) in [6, 6.07) is 2.49. The van der Waals surface area contributed by atoms with Crippen molar-refractivity contribution in [2.45, 2.75) is 38.0 Å². The molecule has 0 aliphatic carbocycles. The minimum atomic E-state index is 0.293. The van der Waals surface area contributed by atoms with Crippen LogP contribution in [0.3, 0.4) is 0 Å². The van der Waals surface area contributed by atoms with Crippen molar-refractivity contribution in [2.75, 3.05) is 5.75 Å². The zero-order valence-corrected chi connectivity index (χ0v) is 10.5. The number of hydrogen-bond acceptors (Lipinski definition) is 3. The van der Waals surface area contributed by atoms with Gasteiger partial charge in [-0.2, -0.15) is 23.1 Å². The highest BCUT2D eigenvalue weighted by Gasteiger charge is 2.18. The van der Waals surface area contributed by atoms with Gasteiger partial charge in [0.1, 0.15) is 0 Å². The second kappa shape index (κ2) is 6.49. The second-order valence-corrected chi connectivity index (χ2v) is 5.45. The zero-order valence-electron chi connectivity index (χ0n) is 8.90. The molecule has 14 heavy (non-hydrogen) atoms. The molecule has 0 saturated carbocycles. The van der Waals surface area contributed by atoms with E-state index in [-0.39, 0.29) is 0 Å². The molecule has 1 heterocycles. The first kappa shape index (κ1) is 12.1. The minimum absolute atomic E-state index is 0.293. The van der Waals surface area contributed by atoms with Gasteiger partial charge in [0.2, 0.25) is 0 Å². The summed E-state index contributed by atoms with van der Waals surface area (Å²) < 4.78 is 0. The molecular weight excluding hydrogens is 210 g/mol. The highest BCUT2D eigenvalue weighted by Crippen LogP contribution is 2.33. The maximum Gasteiger partial charge on any atom is 0.0456 e. The van der Waals surface area contributed by atoms with Crippen molar-refractivity contribution in [2.24, 2.45) is 5.73 Å². The van der Waals surface area contributed by atoms with Crippen molar-refractivity contribution in [3.05, 3.63) is 22.4 Å². The van der Waals surface area contributed by atoms with Crippen molar-refractivity contribution in [1.29, 1.82) is 0 Å². The van der Waals surface area contributed by atoms with Gasteiger partial charge < -0.3 is 5.73 Å². The lowest BCUT2D eigenvalue weighted by Crippen LogP contribution is -2.25. The van der Waals surface area contributed by atoms with Crippen molar-refractivity contribution >= 4 is 23.1 Å². The Morgan fingerprint density at radius 1 is 1.50 bits per heavy atom. The molecule has 1 rings (SSSR count). The summed E-state index contributed by atoms with van der Waals surface area (Å²) in [5.41, 5.74) is 7.54. The summed E-state index contributed by atoms with van der Waals surface area (Å²) in [5, 5.41) is 4.85. The molecule has 0 aliphatic rings. The third-order valence-corrected chi connectivity index (χ3v) is 4.56. The van der Waals surface area contributed by atoms with Crippen LogP contribution in [0.1, 0.15) is 37.5 Å². The molecule has 2 unspecified atom stereocenters.